The van der Waals surface area contributed by atoms with E-state index in [2.05, 4.69) is 5.32 Å². The van der Waals surface area contributed by atoms with Gasteiger partial charge < -0.3 is 26.0 Å². The number of hydrogen-bond donors (Lipinski definition) is 4. The summed E-state index contributed by atoms with van der Waals surface area (Å²) in [6.45, 7) is 1.27. The maximum absolute atomic E-state index is 14.2. The molecule has 12 heteroatoms. The average Bonchev–Trinajstić information content (AvgIpc) is 2.81. The zero-order valence-electron chi connectivity index (χ0n) is 18.6. The molecule has 1 aliphatic heterocycles. The molecule has 5 N–H and O–H groups in total. The van der Waals surface area contributed by atoms with Crippen LogP contribution in [-0.2, 0) is 20.8 Å². The predicted molar refractivity (Wildman–Crippen MR) is 119 cm³/mol. The topological polar surface area (TPSA) is 157 Å². The molecule has 3 amide bonds. The number of hydrogen-bond acceptors (Lipinski definition) is 5. The molecular formula is C23H23F2N5O5. The van der Waals surface area contributed by atoms with Crippen molar-refractivity contribution in [3.63, 3.8) is 0 Å². The molecule has 0 aliphatic carbocycles. The number of nitrogens with one attached hydrogen (secondary N) is 2. The molecule has 2 aromatic carbocycles. The van der Waals surface area contributed by atoms with Gasteiger partial charge in [0.15, 0.2) is 0 Å². The van der Waals surface area contributed by atoms with Gasteiger partial charge in [0.05, 0.1) is 6.54 Å². The van der Waals surface area contributed by atoms with Gasteiger partial charge in [-0.3, -0.25) is 19.8 Å². The van der Waals surface area contributed by atoms with Crippen molar-refractivity contribution in [2.75, 3.05) is 13.1 Å². The minimum Gasteiger partial charge on any atom is -0.480 e. The highest BCUT2D eigenvalue weighted by Crippen LogP contribution is 2.20. The van der Waals surface area contributed by atoms with Crippen LogP contribution in [0.1, 0.15) is 28.4 Å². The largest absolute Gasteiger partial charge is 0.480 e. The molecule has 3 rings (SSSR count). The second kappa shape index (κ2) is 10.3. The second-order valence-corrected chi connectivity index (χ2v) is 7.82. The van der Waals surface area contributed by atoms with Gasteiger partial charge in [0, 0.05) is 30.2 Å². The SMILES string of the molecule is CCN1C(=O)C(=O)N(C(Cc2ccc(F)cc2F)C(=O)O)CC1NC(=O)c1ccc(C(=N)N)cc1. The van der Waals surface area contributed by atoms with Gasteiger partial charge in [-0.2, -0.15) is 0 Å². The van der Waals surface area contributed by atoms with Crippen LogP contribution in [-0.4, -0.2) is 69.7 Å². The minimum absolute atomic E-state index is 0.0525. The van der Waals surface area contributed by atoms with Crippen molar-refractivity contribution >= 4 is 29.5 Å². The number of piperazine rings is 1. The molecule has 2 atom stereocenters. The van der Waals surface area contributed by atoms with Crippen LogP contribution in [0.15, 0.2) is 42.5 Å². The lowest BCUT2D eigenvalue weighted by molar-refractivity contribution is -0.165. The molecule has 0 aromatic heterocycles. The first kappa shape index (κ1) is 25.3. The van der Waals surface area contributed by atoms with E-state index >= 15 is 0 Å². The summed E-state index contributed by atoms with van der Waals surface area (Å²) in [4.78, 5) is 52.1. The lowest BCUT2D eigenvalue weighted by Crippen LogP contribution is -2.67. The average molecular weight is 487 g/mol. The second-order valence-electron chi connectivity index (χ2n) is 7.82. The molecule has 184 valence electrons. The molecular weight excluding hydrogens is 464 g/mol. The van der Waals surface area contributed by atoms with Crippen LogP contribution < -0.4 is 11.1 Å². The highest BCUT2D eigenvalue weighted by molar-refractivity contribution is 6.36. The van der Waals surface area contributed by atoms with E-state index in [0.29, 0.717) is 11.6 Å². The zero-order valence-corrected chi connectivity index (χ0v) is 18.6. The van der Waals surface area contributed by atoms with Crippen molar-refractivity contribution < 1.29 is 33.1 Å². The molecule has 2 unspecified atom stereocenters. The third kappa shape index (κ3) is 5.42. The summed E-state index contributed by atoms with van der Waals surface area (Å²) in [7, 11) is 0. The highest BCUT2D eigenvalue weighted by Gasteiger charge is 2.44. The molecule has 0 spiro atoms. The number of amides is 3. The van der Waals surface area contributed by atoms with Gasteiger partial charge in [0.2, 0.25) is 0 Å². The lowest BCUT2D eigenvalue weighted by atomic mass is 10.0. The molecule has 35 heavy (non-hydrogen) atoms. The summed E-state index contributed by atoms with van der Waals surface area (Å²) in [5.41, 5.74) is 5.84. The van der Waals surface area contributed by atoms with Crippen molar-refractivity contribution in [2.45, 2.75) is 25.6 Å². The minimum atomic E-state index is -1.64. The number of benzene rings is 2. The number of rotatable bonds is 8. The maximum atomic E-state index is 14.2. The Morgan fingerprint density at radius 1 is 1.14 bits per heavy atom. The van der Waals surface area contributed by atoms with E-state index in [1.165, 1.54) is 24.3 Å². The van der Waals surface area contributed by atoms with Gasteiger partial charge in [0.1, 0.15) is 29.7 Å². The summed E-state index contributed by atoms with van der Waals surface area (Å²) in [6.07, 6.45) is -1.58. The standard InChI is InChI=1S/C23H23F2N5O5/c1-2-29-18(28-20(31)13-5-3-12(4-6-13)19(26)27)11-30(22(33)21(29)32)17(23(34)35)9-14-7-8-15(24)10-16(14)25/h3-8,10,17-18H,2,9,11H2,1H3,(H3,26,27)(H,28,31)(H,34,35). The number of nitrogens with two attached hydrogens (primary N) is 1. The molecule has 1 heterocycles. The quantitative estimate of drug-likeness (QED) is 0.244. The Morgan fingerprint density at radius 2 is 1.77 bits per heavy atom. The Balaban J connectivity index is 1.86. The Morgan fingerprint density at radius 3 is 2.31 bits per heavy atom. The van der Waals surface area contributed by atoms with Crippen molar-refractivity contribution in [1.29, 1.82) is 5.41 Å². The summed E-state index contributed by atoms with van der Waals surface area (Å²) < 4.78 is 27.4. The smallest absolute Gasteiger partial charge is 0.326 e. The third-order valence-electron chi connectivity index (χ3n) is 5.64. The molecule has 0 saturated carbocycles. The molecule has 1 saturated heterocycles. The van der Waals surface area contributed by atoms with Crippen molar-refractivity contribution in [3.8, 4) is 0 Å². The number of nitrogens with zero attached hydrogens (tertiary/aromatic N) is 2. The number of carboxylic acids is 1. The first-order valence-electron chi connectivity index (χ1n) is 10.6. The van der Waals surface area contributed by atoms with Crippen LogP contribution in [0.2, 0.25) is 0 Å². The number of nitrogen functional groups attached to an aromatic ring is 1. The van der Waals surface area contributed by atoms with Crippen LogP contribution in [0.25, 0.3) is 0 Å². The fourth-order valence-electron chi connectivity index (χ4n) is 3.77. The van der Waals surface area contributed by atoms with Gasteiger partial charge in [-0.05, 0) is 30.7 Å². The molecule has 0 bridgehead atoms. The number of likely N-dealkylation sites (N-methyl/N-ethyl adjacent to an activating group) is 1. The Bertz CT molecular complexity index is 1190. The normalized spacial score (nSPS) is 16.7. The Labute approximate surface area is 198 Å². The summed E-state index contributed by atoms with van der Waals surface area (Å²) in [6, 6.07) is 6.76. The first-order chi connectivity index (χ1) is 16.5. The number of carboxylic acid groups (broad SMARTS) is 1. The monoisotopic (exact) mass is 487 g/mol. The number of amidine groups is 1. The van der Waals surface area contributed by atoms with E-state index in [-0.39, 0.29) is 30.1 Å². The number of carbonyl (C=O) groups is 4. The summed E-state index contributed by atoms with van der Waals surface area (Å²) in [5, 5.41) is 19.8. The van der Waals surface area contributed by atoms with Crippen LogP contribution in [0, 0.1) is 17.0 Å². The van der Waals surface area contributed by atoms with Gasteiger partial charge in [0.25, 0.3) is 5.91 Å². The van der Waals surface area contributed by atoms with Crippen molar-refractivity contribution in [3.05, 3.63) is 70.8 Å². The molecule has 2 aromatic rings. The van der Waals surface area contributed by atoms with Crippen LogP contribution >= 0.6 is 0 Å². The van der Waals surface area contributed by atoms with Gasteiger partial charge in [-0.1, -0.05) is 18.2 Å². The Hall–Kier alpha value is -4.35. The van der Waals surface area contributed by atoms with Crippen LogP contribution in [0.4, 0.5) is 8.78 Å². The number of carbonyl (C=O) groups excluding carboxylic acids is 3. The fraction of sp³-hybridized carbons (Fsp3) is 0.261. The van der Waals surface area contributed by atoms with E-state index in [0.717, 1.165) is 21.9 Å². The zero-order chi connectivity index (χ0) is 25.9. The van der Waals surface area contributed by atoms with E-state index in [1.54, 1.807) is 6.92 Å². The van der Waals surface area contributed by atoms with E-state index in [4.69, 9.17) is 11.1 Å². The van der Waals surface area contributed by atoms with Gasteiger partial charge >= 0.3 is 17.8 Å². The van der Waals surface area contributed by atoms with Gasteiger partial charge in [-0.25, -0.2) is 13.6 Å². The van der Waals surface area contributed by atoms with Crippen molar-refractivity contribution in [1.82, 2.24) is 15.1 Å². The maximum Gasteiger partial charge on any atom is 0.326 e. The van der Waals surface area contributed by atoms with E-state index < -0.39 is 54.0 Å². The van der Waals surface area contributed by atoms with Crippen molar-refractivity contribution in [2.24, 2.45) is 5.73 Å². The van der Waals surface area contributed by atoms with Crippen LogP contribution in [0.3, 0.4) is 0 Å². The number of halogens is 2. The fourth-order valence-corrected chi connectivity index (χ4v) is 3.77. The third-order valence-corrected chi connectivity index (χ3v) is 5.64. The highest BCUT2D eigenvalue weighted by atomic mass is 19.1. The lowest BCUT2D eigenvalue weighted by Gasteiger charge is -2.42. The molecule has 10 nitrogen and oxygen atoms in total. The van der Waals surface area contributed by atoms with Gasteiger partial charge in [-0.15, -0.1) is 0 Å². The molecule has 1 fully saturated rings. The van der Waals surface area contributed by atoms with E-state index in [1.807, 2.05) is 0 Å². The molecule has 0 radical (unpaired) electrons. The summed E-state index contributed by atoms with van der Waals surface area (Å²) in [5.74, 6) is -6.26. The Kier molecular flexibility index (Phi) is 7.43. The summed E-state index contributed by atoms with van der Waals surface area (Å²) >= 11 is 0. The number of aliphatic carboxylic acids is 1. The first-order valence-corrected chi connectivity index (χ1v) is 10.6. The van der Waals surface area contributed by atoms with Crippen LogP contribution in [0.5, 0.6) is 0 Å². The van der Waals surface area contributed by atoms with E-state index in [9.17, 15) is 33.1 Å². The predicted octanol–water partition coefficient (Wildman–Crippen LogP) is 0.691. The molecule has 1 aliphatic rings.